The molecule has 74 valence electrons. The lowest BCUT2D eigenvalue weighted by Gasteiger charge is -2.13. The predicted molar refractivity (Wildman–Crippen MR) is 53.1 cm³/mol. The molecule has 1 heterocycles. The zero-order chi connectivity index (χ0) is 9.54. The van der Waals surface area contributed by atoms with Crippen molar-refractivity contribution in [1.82, 2.24) is 9.97 Å². The lowest BCUT2D eigenvalue weighted by Crippen LogP contribution is -2.23. The van der Waals surface area contributed by atoms with Crippen LogP contribution in [0.5, 0.6) is 0 Å². The molecular formula is C10H13N3O. The number of aromatic nitrogens is 2. The Labute approximate surface area is 81.8 Å². The fraction of sp³-hybridized carbons (Fsp3) is 0.600. The highest BCUT2D eigenvalue weighted by Crippen LogP contribution is 2.52. The van der Waals surface area contributed by atoms with E-state index in [4.69, 9.17) is 0 Å². The summed E-state index contributed by atoms with van der Waals surface area (Å²) >= 11 is 0. The number of rotatable bonds is 2. The van der Waals surface area contributed by atoms with E-state index in [0.29, 0.717) is 11.9 Å². The van der Waals surface area contributed by atoms with Gasteiger partial charge in [-0.15, -0.1) is 0 Å². The Balaban J connectivity index is 1.72. The van der Waals surface area contributed by atoms with E-state index in [1.165, 1.54) is 19.3 Å². The van der Waals surface area contributed by atoms with Crippen molar-refractivity contribution in [3.8, 4) is 0 Å². The van der Waals surface area contributed by atoms with Gasteiger partial charge >= 0.3 is 0 Å². The van der Waals surface area contributed by atoms with Crippen LogP contribution in [0.3, 0.4) is 0 Å². The second-order valence-corrected chi connectivity index (χ2v) is 4.34. The standard InChI is InChI=1S/C10H13N3O/c14-10-9(11-1-2-12-10)13-8-4-6-3-7(6)5-8/h1-2,6-8H,3-5H2,(H,11,13)(H,12,14). The normalized spacial score (nSPS) is 33.9. The Bertz CT molecular complexity index is 390. The average Bonchev–Trinajstić information content (AvgIpc) is 2.79. The van der Waals surface area contributed by atoms with Gasteiger partial charge in [0, 0.05) is 18.4 Å². The summed E-state index contributed by atoms with van der Waals surface area (Å²) < 4.78 is 0. The van der Waals surface area contributed by atoms with Crippen molar-refractivity contribution < 1.29 is 0 Å². The van der Waals surface area contributed by atoms with Gasteiger partial charge in [0.15, 0.2) is 5.82 Å². The van der Waals surface area contributed by atoms with Crippen molar-refractivity contribution in [2.45, 2.75) is 25.3 Å². The molecule has 1 aromatic heterocycles. The molecule has 3 rings (SSSR count). The molecule has 2 atom stereocenters. The van der Waals surface area contributed by atoms with Crippen LogP contribution in [0, 0.1) is 11.8 Å². The number of nitrogens with one attached hydrogen (secondary N) is 2. The van der Waals surface area contributed by atoms with Gasteiger partial charge in [0.25, 0.3) is 5.56 Å². The second kappa shape index (κ2) is 2.83. The van der Waals surface area contributed by atoms with Gasteiger partial charge in [-0.05, 0) is 31.1 Å². The van der Waals surface area contributed by atoms with Crippen molar-refractivity contribution >= 4 is 5.82 Å². The molecule has 2 saturated carbocycles. The van der Waals surface area contributed by atoms with Crippen LogP contribution >= 0.6 is 0 Å². The third-order valence-corrected chi connectivity index (χ3v) is 3.29. The highest BCUT2D eigenvalue weighted by molar-refractivity contribution is 5.32. The minimum Gasteiger partial charge on any atom is -0.363 e. The first-order chi connectivity index (χ1) is 6.83. The fourth-order valence-electron chi connectivity index (χ4n) is 2.48. The summed E-state index contributed by atoms with van der Waals surface area (Å²) in [5, 5.41) is 3.22. The highest BCUT2D eigenvalue weighted by atomic mass is 16.1. The largest absolute Gasteiger partial charge is 0.363 e. The van der Waals surface area contributed by atoms with Crippen LogP contribution in [0.1, 0.15) is 19.3 Å². The molecule has 2 unspecified atom stereocenters. The van der Waals surface area contributed by atoms with E-state index in [2.05, 4.69) is 15.3 Å². The van der Waals surface area contributed by atoms with E-state index in [0.717, 1.165) is 11.8 Å². The first-order valence-corrected chi connectivity index (χ1v) is 5.13. The lowest BCUT2D eigenvalue weighted by molar-refractivity contribution is 0.647. The molecule has 0 saturated heterocycles. The second-order valence-electron chi connectivity index (χ2n) is 4.34. The maximum Gasteiger partial charge on any atom is 0.290 e. The third-order valence-electron chi connectivity index (χ3n) is 3.29. The summed E-state index contributed by atoms with van der Waals surface area (Å²) in [7, 11) is 0. The monoisotopic (exact) mass is 191 g/mol. The molecule has 0 spiro atoms. The zero-order valence-electron chi connectivity index (χ0n) is 7.86. The van der Waals surface area contributed by atoms with E-state index in [-0.39, 0.29) is 5.56 Å². The molecule has 0 radical (unpaired) electrons. The maximum atomic E-state index is 11.3. The number of hydrogen-bond acceptors (Lipinski definition) is 3. The van der Waals surface area contributed by atoms with Crippen molar-refractivity contribution in [1.29, 1.82) is 0 Å². The number of aromatic amines is 1. The molecule has 2 fully saturated rings. The molecule has 2 aliphatic carbocycles. The van der Waals surface area contributed by atoms with Crippen molar-refractivity contribution in [3.05, 3.63) is 22.7 Å². The predicted octanol–water partition coefficient (Wildman–Crippen LogP) is 0.980. The topological polar surface area (TPSA) is 57.8 Å². The van der Waals surface area contributed by atoms with Gasteiger partial charge in [0.2, 0.25) is 0 Å². The molecule has 0 aromatic carbocycles. The van der Waals surface area contributed by atoms with E-state index in [9.17, 15) is 4.79 Å². The van der Waals surface area contributed by atoms with Crippen LogP contribution in [0.15, 0.2) is 17.2 Å². The van der Waals surface area contributed by atoms with Crippen LogP contribution in [-0.4, -0.2) is 16.0 Å². The summed E-state index contributed by atoms with van der Waals surface area (Å²) in [6.45, 7) is 0. The molecule has 1 aromatic rings. The number of nitrogens with zero attached hydrogens (tertiary/aromatic N) is 1. The molecule has 2 N–H and O–H groups in total. The maximum absolute atomic E-state index is 11.3. The van der Waals surface area contributed by atoms with Gasteiger partial charge in [-0.3, -0.25) is 4.79 Å². The van der Waals surface area contributed by atoms with E-state index < -0.39 is 0 Å². The van der Waals surface area contributed by atoms with Crippen LogP contribution in [-0.2, 0) is 0 Å². The Morgan fingerprint density at radius 3 is 2.86 bits per heavy atom. The average molecular weight is 191 g/mol. The third kappa shape index (κ3) is 1.31. The van der Waals surface area contributed by atoms with Gasteiger partial charge in [0.1, 0.15) is 0 Å². The fourth-order valence-corrected chi connectivity index (χ4v) is 2.48. The van der Waals surface area contributed by atoms with E-state index >= 15 is 0 Å². The van der Waals surface area contributed by atoms with Crippen molar-refractivity contribution in [3.63, 3.8) is 0 Å². The van der Waals surface area contributed by atoms with Gasteiger partial charge in [-0.1, -0.05) is 0 Å². The number of hydrogen-bond donors (Lipinski definition) is 2. The van der Waals surface area contributed by atoms with Crippen LogP contribution in [0.25, 0.3) is 0 Å². The summed E-state index contributed by atoms with van der Waals surface area (Å²) in [5.41, 5.74) is -0.118. The van der Waals surface area contributed by atoms with Crippen molar-refractivity contribution in [2.75, 3.05) is 5.32 Å². The minimum absolute atomic E-state index is 0.118. The number of H-pyrrole nitrogens is 1. The molecule has 14 heavy (non-hydrogen) atoms. The number of anilines is 1. The van der Waals surface area contributed by atoms with Crippen LogP contribution in [0.2, 0.25) is 0 Å². The Morgan fingerprint density at radius 2 is 2.14 bits per heavy atom. The van der Waals surface area contributed by atoms with Crippen LogP contribution < -0.4 is 10.9 Å². The summed E-state index contributed by atoms with van der Waals surface area (Å²) in [6.07, 6.45) is 6.98. The summed E-state index contributed by atoms with van der Waals surface area (Å²) in [4.78, 5) is 18.0. The van der Waals surface area contributed by atoms with E-state index in [1.54, 1.807) is 12.4 Å². The first-order valence-electron chi connectivity index (χ1n) is 5.13. The summed E-state index contributed by atoms with van der Waals surface area (Å²) in [6, 6.07) is 0.467. The van der Waals surface area contributed by atoms with Gasteiger partial charge in [-0.2, -0.15) is 0 Å². The Hall–Kier alpha value is -1.32. The first kappa shape index (κ1) is 8.03. The minimum atomic E-state index is -0.118. The van der Waals surface area contributed by atoms with Crippen molar-refractivity contribution in [2.24, 2.45) is 11.8 Å². The SMILES string of the molecule is O=c1[nH]ccnc1NC1CC2CC2C1. The molecule has 4 heteroatoms. The molecule has 0 aliphatic heterocycles. The molecular weight excluding hydrogens is 178 g/mol. The summed E-state index contributed by atoms with van der Waals surface area (Å²) in [5.74, 6) is 2.32. The quantitative estimate of drug-likeness (QED) is 0.732. The van der Waals surface area contributed by atoms with Gasteiger partial charge in [0.05, 0.1) is 0 Å². The molecule has 0 amide bonds. The molecule has 4 nitrogen and oxygen atoms in total. The number of fused-ring (bicyclic) bond motifs is 1. The molecule has 2 aliphatic rings. The molecule has 0 bridgehead atoms. The van der Waals surface area contributed by atoms with Gasteiger partial charge in [-0.25, -0.2) is 4.98 Å². The Morgan fingerprint density at radius 1 is 1.36 bits per heavy atom. The van der Waals surface area contributed by atoms with E-state index in [1.807, 2.05) is 0 Å². The van der Waals surface area contributed by atoms with Crippen LogP contribution in [0.4, 0.5) is 5.82 Å². The Kier molecular flexibility index (Phi) is 1.63. The zero-order valence-corrected chi connectivity index (χ0v) is 7.86. The smallest absolute Gasteiger partial charge is 0.290 e. The highest BCUT2D eigenvalue weighted by Gasteiger charge is 2.45. The van der Waals surface area contributed by atoms with Gasteiger partial charge < -0.3 is 10.3 Å². The lowest BCUT2D eigenvalue weighted by atomic mass is 10.1.